The summed E-state index contributed by atoms with van der Waals surface area (Å²) in [5, 5.41) is 0. The zero-order valence-electron chi connectivity index (χ0n) is 19.2. The largest absolute Gasteiger partial charge is 0.305 e. The molecule has 1 aliphatic rings. The molecule has 4 nitrogen and oxygen atoms in total. The van der Waals surface area contributed by atoms with Crippen molar-refractivity contribution in [3.05, 3.63) is 96.1 Å². The van der Waals surface area contributed by atoms with Gasteiger partial charge in [0.2, 0.25) is 5.91 Å². The summed E-state index contributed by atoms with van der Waals surface area (Å²) in [5.74, 6) is 0.0518. The number of para-hydroxylation sites is 2. The molecule has 3 aromatic rings. The molecule has 0 saturated heterocycles. The SMILES string of the molecule is C[C@H]1C[C@H](N(C(=O)C(C)(C)C)c2ccccc2)c2ccccc2N1C(=O)c1ccccc1. The Morgan fingerprint density at radius 3 is 2.03 bits per heavy atom. The molecule has 0 unspecified atom stereocenters. The number of fused-ring (bicyclic) bond motifs is 1. The van der Waals surface area contributed by atoms with E-state index in [-0.39, 0.29) is 23.9 Å². The van der Waals surface area contributed by atoms with Gasteiger partial charge >= 0.3 is 0 Å². The highest BCUT2D eigenvalue weighted by atomic mass is 16.2. The molecule has 3 aromatic carbocycles. The fourth-order valence-corrected chi connectivity index (χ4v) is 4.44. The lowest BCUT2D eigenvalue weighted by Crippen LogP contribution is -2.49. The van der Waals surface area contributed by atoms with Crippen LogP contribution in [0.15, 0.2) is 84.9 Å². The van der Waals surface area contributed by atoms with Crippen LogP contribution >= 0.6 is 0 Å². The molecule has 0 aliphatic carbocycles. The van der Waals surface area contributed by atoms with Crippen LogP contribution < -0.4 is 9.80 Å². The Morgan fingerprint density at radius 2 is 1.41 bits per heavy atom. The van der Waals surface area contributed by atoms with Crippen LogP contribution in [0, 0.1) is 5.41 Å². The number of hydrogen-bond acceptors (Lipinski definition) is 2. The average molecular weight is 427 g/mol. The van der Waals surface area contributed by atoms with Crippen LogP contribution in [0.5, 0.6) is 0 Å². The summed E-state index contributed by atoms with van der Waals surface area (Å²) >= 11 is 0. The third-order valence-corrected chi connectivity index (χ3v) is 6.01. The molecule has 0 bridgehead atoms. The minimum atomic E-state index is -0.537. The zero-order valence-corrected chi connectivity index (χ0v) is 19.2. The molecule has 164 valence electrons. The Kier molecular flexibility index (Phi) is 5.88. The first-order valence-corrected chi connectivity index (χ1v) is 11.2. The van der Waals surface area contributed by atoms with Crippen LogP contribution in [-0.2, 0) is 4.79 Å². The van der Waals surface area contributed by atoms with Crippen molar-refractivity contribution in [3.63, 3.8) is 0 Å². The lowest BCUT2D eigenvalue weighted by Gasteiger charge is -2.45. The first-order chi connectivity index (χ1) is 15.3. The Hall–Kier alpha value is -3.40. The summed E-state index contributed by atoms with van der Waals surface area (Å²) in [6.45, 7) is 7.92. The van der Waals surface area contributed by atoms with Crippen LogP contribution in [0.4, 0.5) is 11.4 Å². The molecular weight excluding hydrogens is 396 g/mol. The van der Waals surface area contributed by atoms with E-state index >= 15 is 0 Å². The molecule has 0 saturated carbocycles. The Balaban J connectivity index is 1.82. The minimum absolute atomic E-state index is 0.0163. The molecule has 0 spiro atoms. The number of anilines is 2. The van der Waals surface area contributed by atoms with Crippen molar-refractivity contribution in [2.75, 3.05) is 9.80 Å². The molecule has 0 aromatic heterocycles. The van der Waals surface area contributed by atoms with E-state index in [1.165, 1.54) is 0 Å². The van der Waals surface area contributed by atoms with E-state index < -0.39 is 5.41 Å². The highest BCUT2D eigenvalue weighted by Gasteiger charge is 2.41. The smallest absolute Gasteiger partial charge is 0.258 e. The standard InChI is InChI=1S/C28H30N2O2/c1-20-19-25(30(27(32)28(2,3)4)22-15-9-6-10-16-22)23-17-11-12-18-24(23)29(20)26(31)21-13-7-5-8-14-21/h5-18,20,25H,19H2,1-4H3/t20-,25-/m0/s1. The van der Waals surface area contributed by atoms with Crippen molar-refractivity contribution < 1.29 is 9.59 Å². The number of benzene rings is 3. The van der Waals surface area contributed by atoms with E-state index in [4.69, 9.17) is 0 Å². The normalized spacial score (nSPS) is 18.1. The van der Waals surface area contributed by atoms with Crippen LogP contribution in [0.2, 0.25) is 0 Å². The molecule has 0 fully saturated rings. The fourth-order valence-electron chi connectivity index (χ4n) is 4.44. The predicted molar refractivity (Wildman–Crippen MR) is 130 cm³/mol. The molecular formula is C28H30N2O2. The molecule has 32 heavy (non-hydrogen) atoms. The molecule has 1 heterocycles. The average Bonchev–Trinajstić information content (AvgIpc) is 2.79. The van der Waals surface area contributed by atoms with Crippen LogP contribution in [0.25, 0.3) is 0 Å². The number of carbonyl (C=O) groups excluding carboxylic acids is 2. The van der Waals surface area contributed by atoms with Crippen LogP contribution in [-0.4, -0.2) is 17.9 Å². The van der Waals surface area contributed by atoms with Crippen molar-refractivity contribution in [2.24, 2.45) is 5.41 Å². The third-order valence-electron chi connectivity index (χ3n) is 6.01. The second-order valence-corrected chi connectivity index (χ2v) is 9.46. The van der Waals surface area contributed by atoms with Gasteiger partial charge in [0.05, 0.1) is 6.04 Å². The van der Waals surface area contributed by atoms with Gasteiger partial charge in [0, 0.05) is 28.4 Å². The summed E-state index contributed by atoms with van der Waals surface area (Å²) in [6, 6.07) is 27.0. The number of amides is 2. The summed E-state index contributed by atoms with van der Waals surface area (Å²) < 4.78 is 0. The monoisotopic (exact) mass is 426 g/mol. The lowest BCUT2D eigenvalue weighted by molar-refractivity contribution is -0.126. The maximum Gasteiger partial charge on any atom is 0.258 e. The molecule has 2 atom stereocenters. The lowest BCUT2D eigenvalue weighted by atomic mass is 9.86. The van der Waals surface area contributed by atoms with Gasteiger partial charge < -0.3 is 9.80 Å². The van der Waals surface area contributed by atoms with E-state index in [0.717, 1.165) is 16.9 Å². The quantitative estimate of drug-likeness (QED) is 0.497. The number of carbonyl (C=O) groups is 2. The summed E-state index contributed by atoms with van der Waals surface area (Å²) in [5.41, 5.74) is 2.87. The summed E-state index contributed by atoms with van der Waals surface area (Å²) in [6.07, 6.45) is 0.659. The minimum Gasteiger partial charge on any atom is -0.305 e. The Morgan fingerprint density at radius 1 is 0.844 bits per heavy atom. The molecule has 0 radical (unpaired) electrons. The van der Waals surface area contributed by atoms with E-state index in [1.807, 2.05) is 116 Å². The zero-order chi connectivity index (χ0) is 22.9. The van der Waals surface area contributed by atoms with Crippen molar-refractivity contribution in [2.45, 2.75) is 46.2 Å². The number of hydrogen-bond donors (Lipinski definition) is 0. The van der Waals surface area contributed by atoms with Gasteiger partial charge in [0.25, 0.3) is 5.91 Å². The second kappa shape index (κ2) is 8.62. The number of rotatable bonds is 3. The van der Waals surface area contributed by atoms with Gasteiger partial charge in [-0.15, -0.1) is 0 Å². The topological polar surface area (TPSA) is 40.6 Å². The van der Waals surface area contributed by atoms with Crippen molar-refractivity contribution >= 4 is 23.2 Å². The fraction of sp³-hybridized carbons (Fsp3) is 0.286. The van der Waals surface area contributed by atoms with Gasteiger partial charge in [0.15, 0.2) is 0 Å². The maximum absolute atomic E-state index is 13.7. The Labute approximate surface area is 190 Å². The van der Waals surface area contributed by atoms with Gasteiger partial charge in [-0.2, -0.15) is 0 Å². The van der Waals surface area contributed by atoms with Gasteiger partial charge in [-0.25, -0.2) is 0 Å². The summed E-state index contributed by atoms with van der Waals surface area (Å²) in [4.78, 5) is 30.9. The molecule has 0 N–H and O–H groups in total. The van der Waals surface area contributed by atoms with Gasteiger partial charge in [-0.3, -0.25) is 9.59 Å². The Bertz CT molecular complexity index is 1100. The van der Waals surface area contributed by atoms with Gasteiger partial charge in [0.1, 0.15) is 0 Å². The van der Waals surface area contributed by atoms with E-state index in [1.54, 1.807) is 0 Å². The van der Waals surface area contributed by atoms with Crippen molar-refractivity contribution in [1.29, 1.82) is 0 Å². The molecule has 2 amide bonds. The second-order valence-electron chi connectivity index (χ2n) is 9.46. The van der Waals surface area contributed by atoms with E-state index in [2.05, 4.69) is 6.92 Å². The van der Waals surface area contributed by atoms with Gasteiger partial charge in [-0.1, -0.05) is 75.4 Å². The molecule has 1 aliphatic heterocycles. The maximum atomic E-state index is 13.7. The van der Waals surface area contributed by atoms with E-state index in [9.17, 15) is 9.59 Å². The van der Waals surface area contributed by atoms with Crippen LogP contribution in [0.1, 0.15) is 56.1 Å². The highest BCUT2D eigenvalue weighted by molar-refractivity contribution is 6.07. The highest BCUT2D eigenvalue weighted by Crippen LogP contribution is 2.44. The van der Waals surface area contributed by atoms with Crippen molar-refractivity contribution in [3.8, 4) is 0 Å². The van der Waals surface area contributed by atoms with Gasteiger partial charge in [-0.05, 0) is 49.2 Å². The summed E-state index contributed by atoms with van der Waals surface area (Å²) in [7, 11) is 0. The first-order valence-electron chi connectivity index (χ1n) is 11.2. The van der Waals surface area contributed by atoms with Crippen LogP contribution in [0.3, 0.4) is 0 Å². The molecule has 4 rings (SSSR count). The van der Waals surface area contributed by atoms with E-state index in [0.29, 0.717) is 12.0 Å². The van der Waals surface area contributed by atoms with Crippen molar-refractivity contribution in [1.82, 2.24) is 0 Å². The third kappa shape index (κ3) is 4.05. The molecule has 4 heteroatoms. The first kappa shape index (κ1) is 21.8. The number of nitrogens with zero attached hydrogens (tertiary/aromatic N) is 2. The predicted octanol–water partition coefficient (Wildman–Crippen LogP) is 6.25.